The minimum atomic E-state index is -3.14. The number of nitrogens with zero attached hydrogens (tertiary/aromatic N) is 2. The Bertz CT molecular complexity index is 1140. The van der Waals surface area contributed by atoms with Crippen LogP contribution in [0.5, 0.6) is 11.5 Å². The summed E-state index contributed by atoms with van der Waals surface area (Å²) in [5.41, 5.74) is 0.434. The smallest absolute Gasteiger partial charge is 0.387 e. The van der Waals surface area contributed by atoms with E-state index in [1.165, 1.54) is 7.11 Å². The lowest BCUT2D eigenvalue weighted by Gasteiger charge is -2.15. The molecule has 2 aromatic carbocycles. The number of anilines is 1. The molecule has 0 fully saturated rings. The topological polar surface area (TPSA) is 113 Å². The molecular formula is C20H16ClF2N3O6S. The Labute approximate surface area is 195 Å². The number of ether oxygens (including phenoxy) is 3. The second-order valence-electron chi connectivity index (χ2n) is 6.14. The summed E-state index contributed by atoms with van der Waals surface area (Å²) in [6, 6.07) is 8.91. The third-order valence-corrected chi connectivity index (χ3v) is 5.09. The molecule has 13 heteroatoms. The van der Waals surface area contributed by atoms with Gasteiger partial charge in [0.25, 0.3) is 5.22 Å². The van der Waals surface area contributed by atoms with E-state index in [0.717, 1.165) is 31.0 Å². The molecule has 1 N–H and O–H groups in total. The van der Waals surface area contributed by atoms with Crippen LogP contribution in [0.15, 0.2) is 46.0 Å². The maximum atomic E-state index is 12.7. The number of carbonyl (C=O) groups is 2. The average Bonchev–Trinajstić information content (AvgIpc) is 3.26. The number of nitrogens with one attached hydrogen (secondary N) is 1. The molecule has 0 saturated carbocycles. The van der Waals surface area contributed by atoms with E-state index in [4.69, 9.17) is 20.8 Å². The van der Waals surface area contributed by atoms with E-state index in [1.807, 2.05) is 0 Å². The second kappa shape index (κ2) is 11.0. The summed E-state index contributed by atoms with van der Waals surface area (Å²) >= 11 is 6.79. The van der Waals surface area contributed by atoms with Crippen LogP contribution in [0.25, 0.3) is 11.5 Å². The Morgan fingerprint density at radius 2 is 1.88 bits per heavy atom. The van der Waals surface area contributed by atoms with Gasteiger partial charge in [0.05, 0.1) is 31.2 Å². The number of alkyl halides is 2. The van der Waals surface area contributed by atoms with E-state index < -0.39 is 18.5 Å². The molecule has 0 bridgehead atoms. The Balaban J connectivity index is 1.72. The molecule has 0 unspecified atom stereocenters. The van der Waals surface area contributed by atoms with Gasteiger partial charge in [0.2, 0.25) is 11.8 Å². The van der Waals surface area contributed by atoms with Crippen molar-refractivity contribution in [2.75, 3.05) is 25.3 Å². The Morgan fingerprint density at radius 3 is 2.52 bits per heavy atom. The number of esters is 1. The summed E-state index contributed by atoms with van der Waals surface area (Å²) in [7, 11) is 2.35. The quantitative estimate of drug-likeness (QED) is 0.335. The fraction of sp³-hybridized carbons (Fsp3) is 0.200. The monoisotopic (exact) mass is 499 g/mol. The Morgan fingerprint density at radius 1 is 1.15 bits per heavy atom. The second-order valence-corrected chi connectivity index (χ2v) is 7.50. The summed E-state index contributed by atoms with van der Waals surface area (Å²) in [6.45, 7) is -3.14. The van der Waals surface area contributed by atoms with Gasteiger partial charge in [0.1, 0.15) is 0 Å². The summed E-state index contributed by atoms with van der Waals surface area (Å²) in [4.78, 5) is 24.5. The minimum Gasteiger partial charge on any atom is -0.493 e. The van der Waals surface area contributed by atoms with Crippen LogP contribution in [-0.4, -0.2) is 48.7 Å². The first-order chi connectivity index (χ1) is 15.8. The van der Waals surface area contributed by atoms with E-state index in [1.54, 1.807) is 24.3 Å². The van der Waals surface area contributed by atoms with Gasteiger partial charge in [-0.15, -0.1) is 10.2 Å². The SMILES string of the molecule is COC(=O)c1cc(OC)c(OC(F)F)cc1NC(=O)CSc1nnc(-c2ccc(Cl)cc2)o1. The van der Waals surface area contributed by atoms with Crippen molar-refractivity contribution in [3.8, 4) is 23.0 Å². The van der Waals surface area contributed by atoms with Crippen LogP contribution in [-0.2, 0) is 9.53 Å². The number of rotatable bonds is 9. The molecule has 3 rings (SSSR count). The van der Waals surface area contributed by atoms with Crippen molar-refractivity contribution in [1.82, 2.24) is 10.2 Å². The summed E-state index contributed by atoms with van der Waals surface area (Å²) in [6.07, 6.45) is 0. The lowest BCUT2D eigenvalue weighted by atomic mass is 10.1. The molecule has 0 aliphatic rings. The highest BCUT2D eigenvalue weighted by molar-refractivity contribution is 7.99. The largest absolute Gasteiger partial charge is 0.493 e. The van der Waals surface area contributed by atoms with E-state index in [0.29, 0.717) is 10.6 Å². The first-order valence-electron chi connectivity index (χ1n) is 9.08. The highest BCUT2D eigenvalue weighted by Crippen LogP contribution is 2.35. The Kier molecular flexibility index (Phi) is 8.06. The van der Waals surface area contributed by atoms with Crippen LogP contribution in [0.2, 0.25) is 5.02 Å². The van der Waals surface area contributed by atoms with Crippen LogP contribution in [0, 0.1) is 0 Å². The lowest BCUT2D eigenvalue weighted by molar-refractivity contribution is -0.113. The van der Waals surface area contributed by atoms with Crippen LogP contribution < -0.4 is 14.8 Å². The van der Waals surface area contributed by atoms with E-state index in [9.17, 15) is 18.4 Å². The predicted octanol–water partition coefficient (Wildman–Crippen LogP) is 4.52. The van der Waals surface area contributed by atoms with Crippen molar-refractivity contribution < 1.29 is 37.0 Å². The van der Waals surface area contributed by atoms with Crippen molar-refractivity contribution in [2.45, 2.75) is 11.8 Å². The van der Waals surface area contributed by atoms with Gasteiger partial charge in [-0.1, -0.05) is 23.4 Å². The maximum absolute atomic E-state index is 12.7. The fourth-order valence-corrected chi connectivity index (χ4v) is 3.27. The number of hydrogen-bond donors (Lipinski definition) is 1. The normalized spacial score (nSPS) is 10.7. The van der Waals surface area contributed by atoms with Crippen molar-refractivity contribution >= 4 is 40.9 Å². The van der Waals surface area contributed by atoms with Gasteiger partial charge in [-0.05, 0) is 24.3 Å². The van der Waals surface area contributed by atoms with E-state index in [2.05, 4.69) is 25.0 Å². The molecule has 0 aliphatic heterocycles. The summed E-state index contributed by atoms with van der Waals surface area (Å²) < 4.78 is 45.0. The lowest BCUT2D eigenvalue weighted by Crippen LogP contribution is -2.18. The molecule has 0 radical (unpaired) electrons. The predicted molar refractivity (Wildman–Crippen MR) is 115 cm³/mol. The average molecular weight is 500 g/mol. The van der Waals surface area contributed by atoms with Crippen molar-refractivity contribution in [3.05, 3.63) is 47.0 Å². The van der Waals surface area contributed by atoms with E-state index in [-0.39, 0.29) is 39.6 Å². The maximum Gasteiger partial charge on any atom is 0.387 e. The molecule has 0 spiro atoms. The van der Waals surface area contributed by atoms with Crippen LogP contribution >= 0.6 is 23.4 Å². The Hall–Kier alpha value is -3.38. The molecule has 3 aromatic rings. The molecule has 1 amide bonds. The fourth-order valence-electron chi connectivity index (χ4n) is 2.58. The highest BCUT2D eigenvalue weighted by atomic mass is 35.5. The van der Waals surface area contributed by atoms with Crippen LogP contribution in [0.1, 0.15) is 10.4 Å². The van der Waals surface area contributed by atoms with Crippen LogP contribution in [0.4, 0.5) is 14.5 Å². The van der Waals surface area contributed by atoms with Crippen molar-refractivity contribution in [3.63, 3.8) is 0 Å². The van der Waals surface area contributed by atoms with Gasteiger partial charge in [0, 0.05) is 22.7 Å². The zero-order valence-corrected chi connectivity index (χ0v) is 18.7. The first kappa shape index (κ1) is 24.3. The number of hydrogen-bond acceptors (Lipinski definition) is 9. The number of halogens is 3. The van der Waals surface area contributed by atoms with Gasteiger partial charge in [-0.25, -0.2) is 4.79 Å². The first-order valence-corrected chi connectivity index (χ1v) is 10.4. The number of amides is 1. The molecule has 0 atom stereocenters. The van der Waals surface area contributed by atoms with Crippen LogP contribution in [0.3, 0.4) is 0 Å². The summed E-state index contributed by atoms with van der Waals surface area (Å²) in [5, 5.41) is 10.9. The number of benzene rings is 2. The number of aromatic nitrogens is 2. The van der Waals surface area contributed by atoms with Gasteiger partial charge in [-0.2, -0.15) is 8.78 Å². The van der Waals surface area contributed by atoms with Crippen molar-refractivity contribution in [1.29, 1.82) is 0 Å². The molecule has 0 saturated heterocycles. The van der Waals surface area contributed by atoms with Gasteiger partial charge >= 0.3 is 12.6 Å². The zero-order chi connectivity index (χ0) is 24.0. The van der Waals surface area contributed by atoms with Gasteiger partial charge in [0.15, 0.2) is 11.5 Å². The van der Waals surface area contributed by atoms with E-state index >= 15 is 0 Å². The van der Waals surface area contributed by atoms with Gasteiger partial charge < -0.3 is 23.9 Å². The third kappa shape index (κ3) is 6.33. The number of thioether (sulfide) groups is 1. The number of carbonyl (C=O) groups excluding carboxylic acids is 2. The highest BCUT2D eigenvalue weighted by Gasteiger charge is 2.21. The van der Waals surface area contributed by atoms with Gasteiger partial charge in [-0.3, -0.25) is 4.79 Å². The molecular weight excluding hydrogens is 484 g/mol. The summed E-state index contributed by atoms with van der Waals surface area (Å²) in [5.74, 6) is -1.84. The molecule has 174 valence electrons. The minimum absolute atomic E-state index is 0.101. The molecule has 0 aliphatic carbocycles. The third-order valence-electron chi connectivity index (χ3n) is 4.02. The standard InChI is InChI=1S/C20H16ClF2N3O6S/c1-29-14-7-12(18(28)30-2)13(8-15(14)31-19(22)23)24-16(27)9-33-20-26-25-17(32-20)10-3-5-11(21)6-4-10/h3-8,19H,9H2,1-2H3,(H,24,27). The molecule has 1 aromatic heterocycles. The number of methoxy groups -OCH3 is 2. The zero-order valence-electron chi connectivity index (χ0n) is 17.1. The van der Waals surface area contributed by atoms with Crippen molar-refractivity contribution in [2.24, 2.45) is 0 Å². The molecule has 1 heterocycles. The molecule has 33 heavy (non-hydrogen) atoms. The molecule has 9 nitrogen and oxygen atoms in total.